The predicted octanol–water partition coefficient (Wildman–Crippen LogP) is 2.82. The summed E-state index contributed by atoms with van der Waals surface area (Å²) in [7, 11) is -3.46. The average molecular weight is 386 g/mol. The molecule has 1 fully saturated rings. The minimum absolute atomic E-state index is 0. The van der Waals surface area contributed by atoms with E-state index in [9.17, 15) is 8.42 Å². The van der Waals surface area contributed by atoms with Crippen LogP contribution < -0.4 is 5.73 Å². The number of rotatable bonds is 4. The standard InChI is InChI=1S/C17H23N3O3S.ClH/c1-12(18)14-7-9-20(10-8-14)24(21,22)16-5-3-15(4-6-16)17-11-23-13(2)19-17;/h3-6,11-12,14H,7-10,18H2,1-2H3;1H. The minimum Gasteiger partial charge on any atom is -0.449 e. The molecular formula is C17H24ClN3O3S. The Bertz CT molecular complexity index is 795. The third kappa shape index (κ3) is 4.23. The average Bonchev–Trinajstić information content (AvgIpc) is 3.01. The molecule has 0 spiro atoms. The maximum atomic E-state index is 12.8. The van der Waals surface area contributed by atoms with Crippen LogP contribution >= 0.6 is 12.4 Å². The van der Waals surface area contributed by atoms with Crippen LogP contribution in [0.2, 0.25) is 0 Å². The molecule has 1 saturated heterocycles. The number of piperidine rings is 1. The number of oxazole rings is 1. The normalized spacial score (nSPS) is 17.9. The van der Waals surface area contributed by atoms with E-state index in [0.717, 1.165) is 18.4 Å². The van der Waals surface area contributed by atoms with Crippen LogP contribution in [0.25, 0.3) is 11.3 Å². The van der Waals surface area contributed by atoms with Crippen LogP contribution in [-0.2, 0) is 10.0 Å². The van der Waals surface area contributed by atoms with Gasteiger partial charge in [-0.2, -0.15) is 4.31 Å². The molecular weight excluding hydrogens is 362 g/mol. The van der Waals surface area contributed by atoms with Crippen LogP contribution in [-0.4, -0.2) is 36.8 Å². The smallest absolute Gasteiger partial charge is 0.243 e. The lowest BCUT2D eigenvalue weighted by Crippen LogP contribution is -2.42. The zero-order valence-corrected chi connectivity index (χ0v) is 16.0. The van der Waals surface area contributed by atoms with Crippen LogP contribution in [0.1, 0.15) is 25.7 Å². The topological polar surface area (TPSA) is 89.4 Å². The van der Waals surface area contributed by atoms with Crippen molar-refractivity contribution < 1.29 is 12.8 Å². The maximum absolute atomic E-state index is 12.8. The second-order valence-electron chi connectivity index (χ2n) is 6.38. The molecule has 0 aliphatic carbocycles. The largest absolute Gasteiger partial charge is 0.449 e. The predicted molar refractivity (Wildman–Crippen MR) is 99.1 cm³/mol. The highest BCUT2D eigenvalue weighted by Crippen LogP contribution is 2.26. The second-order valence-corrected chi connectivity index (χ2v) is 8.31. The number of halogens is 1. The summed E-state index contributed by atoms with van der Waals surface area (Å²) < 4.78 is 32.3. The van der Waals surface area contributed by atoms with E-state index in [0.29, 0.717) is 35.5 Å². The molecule has 2 heterocycles. The number of nitrogens with two attached hydrogens (primary N) is 1. The van der Waals surface area contributed by atoms with E-state index < -0.39 is 10.0 Å². The summed E-state index contributed by atoms with van der Waals surface area (Å²) in [5.41, 5.74) is 7.46. The Morgan fingerprint density at radius 2 is 1.84 bits per heavy atom. The van der Waals surface area contributed by atoms with Gasteiger partial charge in [-0.1, -0.05) is 12.1 Å². The summed E-state index contributed by atoms with van der Waals surface area (Å²) in [6, 6.07) is 6.90. The van der Waals surface area contributed by atoms with E-state index >= 15 is 0 Å². The fraction of sp³-hybridized carbons (Fsp3) is 0.471. The van der Waals surface area contributed by atoms with E-state index in [1.54, 1.807) is 41.8 Å². The van der Waals surface area contributed by atoms with Crippen LogP contribution in [0.3, 0.4) is 0 Å². The summed E-state index contributed by atoms with van der Waals surface area (Å²) >= 11 is 0. The van der Waals surface area contributed by atoms with Crippen molar-refractivity contribution in [2.75, 3.05) is 13.1 Å². The molecule has 3 rings (SSSR count). The molecule has 2 N–H and O–H groups in total. The third-order valence-corrected chi connectivity index (χ3v) is 6.56. The molecule has 2 aromatic rings. The second kappa shape index (κ2) is 7.86. The molecule has 8 heteroatoms. The van der Waals surface area contributed by atoms with Crippen LogP contribution in [0.5, 0.6) is 0 Å². The fourth-order valence-electron chi connectivity index (χ4n) is 3.08. The number of aryl methyl sites for hydroxylation is 1. The van der Waals surface area contributed by atoms with Gasteiger partial charge in [0, 0.05) is 31.6 Å². The monoisotopic (exact) mass is 385 g/mol. The van der Waals surface area contributed by atoms with E-state index in [2.05, 4.69) is 4.98 Å². The molecule has 1 aromatic heterocycles. The zero-order chi connectivity index (χ0) is 17.3. The van der Waals surface area contributed by atoms with Gasteiger partial charge in [0.25, 0.3) is 0 Å². The Labute approximate surface area is 154 Å². The fourth-order valence-corrected chi connectivity index (χ4v) is 4.55. The number of benzene rings is 1. The molecule has 0 amide bonds. The molecule has 25 heavy (non-hydrogen) atoms. The molecule has 1 aliphatic heterocycles. The molecule has 1 atom stereocenters. The van der Waals surface area contributed by atoms with Gasteiger partial charge >= 0.3 is 0 Å². The molecule has 0 radical (unpaired) electrons. The summed E-state index contributed by atoms with van der Waals surface area (Å²) in [4.78, 5) is 4.56. The van der Waals surface area contributed by atoms with Gasteiger partial charge in [-0.05, 0) is 37.8 Å². The highest BCUT2D eigenvalue weighted by molar-refractivity contribution is 7.89. The van der Waals surface area contributed by atoms with Gasteiger partial charge in [0.05, 0.1) is 4.90 Å². The summed E-state index contributed by atoms with van der Waals surface area (Å²) in [5, 5.41) is 0. The molecule has 6 nitrogen and oxygen atoms in total. The van der Waals surface area contributed by atoms with Crippen molar-refractivity contribution in [3.8, 4) is 11.3 Å². The Kier molecular flexibility index (Phi) is 6.26. The van der Waals surface area contributed by atoms with Crippen molar-refractivity contribution in [3.63, 3.8) is 0 Å². The van der Waals surface area contributed by atoms with Gasteiger partial charge in [0.2, 0.25) is 10.0 Å². The van der Waals surface area contributed by atoms with E-state index in [-0.39, 0.29) is 18.4 Å². The lowest BCUT2D eigenvalue weighted by Gasteiger charge is -2.32. The van der Waals surface area contributed by atoms with Crippen LogP contribution in [0.15, 0.2) is 39.8 Å². The number of hydrogen-bond donors (Lipinski definition) is 1. The van der Waals surface area contributed by atoms with Crippen molar-refractivity contribution >= 4 is 22.4 Å². The molecule has 1 aliphatic rings. The Morgan fingerprint density at radius 1 is 1.24 bits per heavy atom. The molecule has 0 saturated carbocycles. The first-order chi connectivity index (χ1) is 11.4. The number of hydrogen-bond acceptors (Lipinski definition) is 5. The Morgan fingerprint density at radius 3 is 2.32 bits per heavy atom. The van der Waals surface area contributed by atoms with Crippen molar-refractivity contribution in [2.24, 2.45) is 11.7 Å². The van der Waals surface area contributed by atoms with Crippen molar-refractivity contribution in [2.45, 2.75) is 37.6 Å². The zero-order valence-electron chi connectivity index (χ0n) is 14.4. The van der Waals surface area contributed by atoms with Crippen LogP contribution in [0, 0.1) is 12.8 Å². The minimum atomic E-state index is -3.46. The molecule has 1 unspecified atom stereocenters. The van der Waals surface area contributed by atoms with Crippen LogP contribution in [0.4, 0.5) is 0 Å². The lowest BCUT2D eigenvalue weighted by molar-refractivity contribution is 0.250. The first kappa shape index (κ1) is 19.9. The van der Waals surface area contributed by atoms with E-state index in [4.69, 9.17) is 10.2 Å². The number of aromatic nitrogens is 1. The molecule has 1 aromatic carbocycles. The number of sulfonamides is 1. The van der Waals surface area contributed by atoms with Gasteiger partial charge in [-0.15, -0.1) is 12.4 Å². The first-order valence-corrected chi connectivity index (χ1v) is 9.60. The number of nitrogens with zero attached hydrogens (tertiary/aromatic N) is 2. The third-order valence-electron chi connectivity index (χ3n) is 4.65. The molecule has 0 bridgehead atoms. The summed E-state index contributed by atoms with van der Waals surface area (Å²) in [5.74, 6) is 0.980. The quantitative estimate of drug-likeness (QED) is 0.873. The summed E-state index contributed by atoms with van der Waals surface area (Å²) in [6.45, 7) is 4.81. The highest BCUT2D eigenvalue weighted by atomic mass is 35.5. The van der Waals surface area contributed by atoms with E-state index in [1.807, 2.05) is 6.92 Å². The van der Waals surface area contributed by atoms with E-state index in [1.165, 1.54) is 0 Å². The van der Waals surface area contributed by atoms with Gasteiger partial charge < -0.3 is 10.2 Å². The van der Waals surface area contributed by atoms with Gasteiger partial charge in [0.1, 0.15) is 12.0 Å². The Hall–Kier alpha value is -1.41. The van der Waals surface area contributed by atoms with Gasteiger partial charge in [-0.3, -0.25) is 0 Å². The van der Waals surface area contributed by atoms with Crippen molar-refractivity contribution in [1.82, 2.24) is 9.29 Å². The van der Waals surface area contributed by atoms with Gasteiger partial charge in [-0.25, -0.2) is 13.4 Å². The van der Waals surface area contributed by atoms with Crippen molar-refractivity contribution in [1.29, 1.82) is 0 Å². The first-order valence-electron chi connectivity index (χ1n) is 8.16. The van der Waals surface area contributed by atoms with Crippen molar-refractivity contribution in [3.05, 3.63) is 36.4 Å². The SMILES string of the molecule is Cc1nc(-c2ccc(S(=O)(=O)N3CCC(C(C)N)CC3)cc2)co1.Cl. The summed E-state index contributed by atoms with van der Waals surface area (Å²) in [6.07, 6.45) is 3.19. The Balaban J connectivity index is 0.00000225. The highest BCUT2D eigenvalue weighted by Gasteiger charge is 2.30. The lowest BCUT2D eigenvalue weighted by atomic mass is 9.92. The van der Waals surface area contributed by atoms with Gasteiger partial charge in [0.15, 0.2) is 5.89 Å². The molecule has 138 valence electrons. The maximum Gasteiger partial charge on any atom is 0.243 e.